The summed E-state index contributed by atoms with van der Waals surface area (Å²) in [6.45, 7) is 3.95. The molecule has 2 rings (SSSR count). The molecule has 0 saturated carbocycles. The van der Waals surface area contributed by atoms with Gasteiger partial charge in [0.05, 0.1) is 6.54 Å². The Hall–Kier alpha value is -2.43. The molecule has 2 N–H and O–H groups in total. The highest BCUT2D eigenvalue weighted by molar-refractivity contribution is 5.93. The van der Waals surface area contributed by atoms with Crippen molar-refractivity contribution in [3.8, 4) is 0 Å². The normalized spacial score (nSPS) is 10.3. The Labute approximate surface area is 122 Å². The third kappa shape index (κ3) is 4.02. The van der Waals surface area contributed by atoms with Crippen molar-refractivity contribution in [2.75, 3.05) is 17.2 Å². The molecule has 0 bridgehead atoms. The fourth-order valence-electron chi connectivity index (χ4n) is 1.88. The molecule has 0 atom stereocenters. The van der Waals surface area contributed by atoms with Gasteiger partial charge in [-0.15, -0.1) is 0 Å². The monoisotopic (exact) mass is 290 g/mol. The number of nitrogens with one attached hydrogen (secondary N) is 2. The number of aryl methyl sites for hydroxylation is 2. The highest BCUT2D eigenvalue weighted by Crippen LogP contribution is 2.16. The number of rotatable bonds is 4. The summed E-state index contributed by atoms with van der Waals surface area (Å²) in [5, 5.41) is 5.53. The highest BCUT2D eigenvalue weighted by atomic mass is 19.2. The third-order valence-electron chi connectivity index (χ3n) is 3.04. The van der Waals surface area contributed by atoms with E-state index in [-0.39, 0.29) is 18.1 Å². The quantitative estimate of drug-likeness (QED) is 0.902. The van der Waals surface area contributed by atoms with E-state index in [9.17, 15) is 13.6 Å². The molecule has 1 amide bonds. The van der Waals surface area contributed by atoms with E-state index >= 15 is 0 Å². The van der Waals surface area contributed by atoms with E-state index < -0.39 is 11.6 Å². The minimum atomic E-state index is -0.990. The molecule has 110 valence electrons. The number of hydrogen-bond acceptors (Lipinski definition) is 2. The molecule has 0 aliphatic heterocycles. The zero-order valence-corrected chi connectivity index (χ0v) is 11.8. The SMILES string of the molecule is Cc1ccc(C)c(NCC(=O)Nc2ccc(F)c(F)c2)c1. The van der Waals surface area contributed by atoms with Crippen LogP contribution in [0.1, 0.15) is 11.1 Å². The Bertz CT molecular complexity index is 671. The molecule has 0 heterocycles. The lowest BCUT2D eigenvalue weighted by atomic mass is 10.1. The molecule has 0 aliphatic carbocycles. The van der Waals surface area contributed by atoms with Crippen molar-refractivity contribution in [1.29, 1.82) is 0 Å². The molecule has 0 saturated heterocycles. The Balaban J connectivity index is 1.95. The van der Waals surface area contributed by atoms with E-state index in [0.29, 0.717) is 0 Å². The summed E-state index contributed by atoms with van der Waals surface area (Å²) in [5.74, 6) is -2.27. The van der Waals surface area contributed by atoms with Crippen LogP contribution in [0.25, 0.3) is 0 Å². The van der Waals surface area contributed by atoms with Gasteiger partial charge >= 0.3 is 0 Å². The smallest absolute Gasteiger partial charge is 0.243 e. The number of hydrogen-bond donors (Lipinski definition) is 2. The van der Waals surface area contributed by atoms with E-state index in [4.69, 9.17) is 0 Å². The summed E-state index contributed by atoms with van der Waals surface area (Å²) in [5.41, 5.74) is 3.21. The maximum Gasteiger partial charge on any atom is 0.243 e. The largest absolute Gasteiger partial charge is 0.376 e. The number of anilines is 2. The summed E-state index contributed by atoms with van der Waals surface area (Å²) in [7, 11) is 0. The first kappa shape index (κ1) is 15.0. The summed E-state index contributed by atoms with van der Waals surface area (Å²) in [4.78, 5) is 11.8. The second kappa shape index (κ2) is 6.35. The zero-order valence-electron chi connectivity index (χ0n) is 11.8. The van der Waals surface area contributed by atoms with Crippen LogP contribution in [-0.2, 0) is 4.79 Å². The first-order valence-electron chi connectivity index (χ1n) is 6.52. The maximum atomic E-state index is 13.0. The van der Waals surface area contributed by atoms with E-state index in [1.54, 1.807) is 0 Å². The molecule has 0 aromatic heterocycles. The van der Waals surface area contributed by atoms with E-state index in [1.807, 2.05) is 32.0 Å². The molecule has 0 radical (unpaired) electrons. The first-order valence-corrected chi connectivity index (χ1v) is 6.52. The lowest BCUT2D eigenvalue weighted by molar-refractivity contribution is -0.114. The maximum absolute atomic E-state index is 13.0. The number of amides is 1. The van der Waals surface area contributed by atoms with Crippen LogP contribution in [0.5, 0.6) is 0 Å². The fourth-order valence-corrected chi connectivity index (χ4v) is 1.88. The van der Waals surface area contributed by atoms with Crippen LogP contribution in [-0.4, -0.2) is 12.5 Å². The van der Waals surface area contributed by atoms with Crippen molar-refractivity contribution in [3.05, 3.63) is 59.2 Å². The van der Waals surface area contributed by atoms with Gasteiger partial charge in [-0.05, 0) is 43.2 Å². The van der Waals surface area contributed by atoms with Gasteiger partial charge in [-0.2, -0.15) is 0 Å². The Morgan fingerprint density at radius 2 is 1.81 bits per heavy atom. The summed E-state index contributed by atoms with van der Waals surface area (Å²) < 4.78 is 25.8. The number of halogens is 2. The highest BCUT2D eigenvalue weighted by Gasteiger charge is 2.07. The molecule has 2 aromatic carbocycles. The Morgan fingerprint density at radius 1 is 1.05 bits per heavy atom. The minimum Gasteiger partial charge on any atom is -0.376 e. The second-order valence-corrected chi connectivity index (χ2v) is 4.85. The van der Waals surface area contributed by atoms with Crippen LogP contribution < -0.4 is 10.6 Å². The van der Waals surface area contributed by atoms with E-state index in [2.05, 4.69) is 10.6 Å². The molecular formula is C16H16F2N2O. The summed E-state index contributed by atoms with van der Waals surface area (Å²) in [6.07, 6.45) is 0. The molecule has 5 heteroatoms. The number of carbonyl (C=O) groups excluding carboxylic acids is 1. The predicted octanol–water partition coefficient (Wildman–Crippen LogP) is 3.63. The number of carbonyl (C=O) groups is 1. The van der Waals surface area contributed by atoms with Gasteiger partial charge in [0.15, 0.2) is 11.6 Å². The van der Waals surface area contributed by atoms with Crippen LogP contribution >= 0.6 is 0 Å². The van der Waals surface area contributed by atoms with Crippen molar-refractivity contribution in [2.24, 2.45) is 0 Å². The van der Waals surface area contributed by atoms with Crippen LogP contribution in [0.2, 0.25) is 0 Å². The Morgan fingerprint density at radius 3 is 2.52 bits per heavy atom. The van der Waals surface area contributed by atoms with Gasteiger partial charge in [0.25, 0.3) is 0 Å². The molecular weight excluding hydrogens is 274 g/mol. The van der Waals surface area contributed by atoms with E-state index in [1.165, 1.54) is 6.07 Å². The molecule has 0 unspecified atom stereocenters. The fraction of sp³-hybridized carbons (Fsp3) is 0.188. The topological polar surface area (TPSA) is 41.1 Å². The minimum absolute atomic E-state index is 0.0449. The lowest BCUT2D eigenvalue weighted by Crippen LogP contribution is -2.22. The van der Waals surface area contributed by atoms with Crippen LogP contribution in [0.3, 0.4) is 0 Å². The Kier molecular flexibility index (Phi) is 4.52. The van der Waals surface area contributed by atoms with Gasteiger partial charge in [-0.3, -0.25) is 4.79 Å². The second-order valence-electron chi connectivity index (χ2n) is 4.85. The molecule has 3 nitrogen and oxygen atoms in total. The van der Waals surface area contributed by atoms with Crippen LogP contribution in [0.4, 0.5) is 20.2 Å². The van der Waals surface area contributed by atoms with Gasteiger partial charge in [-0.1, -0.05) is 12.1 Å². The van der Waals surface area contributed by atoms with Gasteiger partial charge in [0, 0.05) is 17.4 Å². The van der Waals surface area contributed by atoms with Gasteiger partial charge in [-0.25, -0.2) is 8.78 Å². The van der Waals surface area contributed by atoms with Crippen molar-refractivity contribution < 1.29 is 13.6 Å². The molecule has 21 heavy (non-hydrogen) atoms. The van der Waals surface area contributed by atoms with Crippen molar-refractivity contribution >= 4 is 17.3 Å². The van der Waals surface area contributed by atoms with Crippen molar-refractivity contribution in [2.45, 2.75) is 13.8 Å². The van der Waals surface area contributed by atoms with Gasteiger partial charge in [0.2, 0.25) is 5.91 Å². The van der Waals surface area contributed by atoms with Crippen molar-refractivity contribution in [1.82, 2.24) is 0 Å². The standard InChI is InChI=1S/C16H16F2N2O/c1-10-3-4-11(2)15(7-10)19-9-16(21)20-12-5-6-13(17)14(18)8-12/h3-8,19H,9H2,1-2H3,(H,20,21). The van der Waals surface area contributed by atoms with Gasteiger partial charge < -0.3 is 10.6 Å². The lowest BCUT2D eigenvalue weighted by Gasteiger charge is -2.11. The molecule has 0 fully saturated rings. The molecule has 0 spiro atoms. The van der Waals surface area contributed by atoms with Crippen LogP contribution in [0.15, 0.2) is 36.4 Å². The summed E-state index contributed by atoms with van der Waals surface area (Å²) >= 11 is 0. The average molecular weight is 290 g/mol. The molecule has 0 aliphatic rings. The van der Waals surface area contributed by atoms with Gasteiger partial charge in [0.1, 0.15) is 0 Å². The molecule has 2 aromatic rings. The number of benzene rings is 2. The summed E-state index contributed by atoms with van der Waals surface area (Å²) in [6, 6.07) is 9.13. The van der Waals surface area contributed by atoms with Crippen molar-refractivity contribution in [3.63, 3.8) is 0 Å². The van der Waals surface area contributed by atoms with E-state index in [0.717, 1.165) is 28.9 Å². The average Bonchev–Trinajstić information content (AvgIpc) is 2.44. The van der Waals surface area contributed by atoms with Crippen LogP contribution in [0, 0.1) is 25.5 Å². The zero-order chi connectivity index (χ0) is 15.4. The first-order chi connectivity index (χ1) is 9.95. The predicted molar refractivity (Wildman–Crippen MR) is 79.4 cm³/mol. The third-order valence-corrected chi connectivity index (χ3v) is 3.04.